The monoisotopic (exact) mass is 336 g/mol. The maximum absolute atomic E-state index is 12.8. The fourth-order valence-electron chi connectivity index (χ4n) is 3.56. The first-order chi connectivity index (χ1) is 12.1. The number of carbonyl (C=O) groups excluding carboxylic acids is 2. The summed E-state index contributed by atoms with van der Waals surface area (Å²) in [6, 6.07) is 17.7. The zero-order valence-corrected chi connectivity index (χ0v) is 14.7. The molecular formula is C21H24N2O2. The van der Waals surface area contributed by atoms with Crippen molar-refractivity contribution in [1.29, 1.82) is 0 Å². The topological polar surface area (TPSA) is 49.4 Å². The van der Waals surface area contributed by atoms with Crippen LogP contribution >= 0.6 is 0 Å². The standard InChI is InChI=1S/C21H24N2O2/c1-15-7-6-8-16(13-15)14-22-21(25)18-11-12-19(24)23(2)20(18)17-9-4-3-5-10-17/h3-10,13,18,20H,11-12,14H2,1-2H3,(H,22,25)/t18-,20-/m0/s1. The molecule has 2 amide bonds. The van der Waals surface area contributed by atoms with Crippen LogP contribution in [-0.2, 0) is 16.1 Å². The highest BCUT2D eigenvalue weighted by Gasteiger charge is 2.38. The molecule has 1 heterocycles. The third-order valence-electron chi connectivity index (χ3n) is 4.89. The second-order valence-electron chi connectivity index (χ2n) is 6.71. The van der Waals surface area contributed by atoms with Crippen LogP contribution in [0.4, 0.5) is 0 Å². The number of nitrogens with one attached hydrogen (secondary N) is 1. The Morgan fingerprint density at radius 3 is 2.64 bits per heavy atom. The molecule has 1 fully saturated rings. The van der Waals surface area contributed by atoms with Crippen molar-refractivity contribution in [1.82, 2.24) is 10.2 Å². The number of benzene rings is 2. The van der Waals surface area contributed by atoms with Gasteiger partial charge in [0.15, 0.2) is 0 Å². The Kier molecular flexibility index (Phi) is 5.17. The van der Waals surface area contributed by atoms with E-state index in [2.05, 4.69) is 11.4 Å². The smallest absolute Gasteiger partial charge is 0.225 e. The maximum Gasteiger partial charge on any atom is 0.225 e. The molecular weight excluding hydrogens is 312 g/mol. The Morgan fingerprint density at radius 1 is 1.16 bits per heavy atom. The summed E-state index contributed by atoms with van der Waals surface area (Å²) in [6.07, 6.45) is 1.00. The molecule has 0 aromatic heterocycles. The number of likely N-dealkylation sites (tertiary alicyclic amines) is 1. The van der Waals surface area contributed by atoms with E-state index >= 15 is 0 Å². The Morgan fingerprint density at radius 2 is 1.92 bits per heavy atom. The predicted octanol–water partition coefficient (Wildman–Crippen LogP) is 3.22. The van der Waals surface area contributed by atoms with Crippen molar-refractivity contribution >= 4 is 11.8 Å². The minimum absolute atomic E-state index is 0.00899. The lowest BCUT2D eigenvalue weighted by molar-refractivity contribution is -0.141. The van der Waals surface area contributed by atoms with Crippen molar-refractivity contribution in [3.05, 3.63) is 71.3 Å². The van der Waals surface area contributed by atoms with Crippen LogP contribution in [0.5, 0.6) is 0 Å². The molecule has 0 aliphatic carbocycles. The number of amides is 2. The van der Waals surface area contributed by atoms with Gasteiger partial charge in [0.2, 0.25) is 11.8 Å². The molecule has 0 bridgehead atoms. The largest absolute Gasteiger partial charge is 0.352 e. The molecule has 2 aromatic carbocycles. The number of rotatable bonds is 4. The molecule has 0 saturated carbocycles. The van der Waals surface area contributed by atoms with Crippen molar-refractivity contribution in [3.63, 3.8) is 0 Å². The van der Waals surface area contributed by atoms with E-state index in [-0.39, 0.29) is 23.8 Å². The van der Waals surface area contributed by atoms with Crippen LogP contribution in [0.3, 0.4) is 0 Å². The molecule has 3 rings (SSSR count). The van der Waals surface area contributed by atoms with Gasteiger partial charge < -0.3 is 10.2 Å². The lowest BCUT2D eigenvalue weighted by Crippen LogP contribution is -2.46. The van der Waals surface area contributed by atoms with Crippen LogP contribution in [-0.4, -0.2) is 23.8 Å². The first-order valence-corrected chi connectivity index (χ1v) is 8.70. The first-order valence-electron chi connectivity index (χ1n) is 8.70. The summed E-state index contributed by atoms with van der Waals surface area (Å²) in [5.74, 6) is -0.124. The molecule has 4 heteroatoms. The maximum atomic E-state index is 12.8. The van der Waals surface area contributed by atoms with Crippen LogP contribution in [0, 0.1) is 12.8 Å². The number of piperidine rings is 1. The molecule has 0 unspecified atom stereocenters. The summed E-state index contributed by atoms with van der Waals surface area (Å²) >= 11 is 0. The summed E-state index contributed by atoms with van der Waals surface area (Å²) in [5.41, 5.74) is 3.27. The van der Waals surface area contributed by atoms with Gasteiger partial charge in [0.05, 0.1) is 12.0 Å². The Balaban J connectivity index is 1.76. The first kappa shape index (κ1) is 17.2. The minimum Gasteiger partial charge on any atom is -0.352 e. The highest BCUT2D eigenvalue weighted by molar-refractivity contribution is 5.84. The van der Waals surface area contributed by atoms with Crippen LogP contribution in [0.25, 0.3) is 0 Å². The fraction of sp³-hybridized carbons (Fsp3) is 0.333. The third-order valence-corrected chi connectivity index (χ3v) is 4.89. The van der Waals surface area contributed by atoms with Gasteiger partial charge in [-0.3, -0.25) is 9.59 Å². The Bertz CT molecular complexity index is 758. The quantitative estimate of drug-likeness (QED) is 0.932. The average Bonchev–Trinajstić information content (AvgIpc) is 2.62. The molecule has 2 aromatic rings. The van der Waals surface area contributed by atoms with Crippen LogP contribution < -0.4 is 5.32 Å². The summed E-state index contributed by atoms with van der Waals surface area (Å²) in [7, 11) is 1.79. The molecule has 25 heavy (non-hydrogen) atoms. The normalized spacial score (nSPS) is 20.4. The number of hydrogen-bond acceptors (Lipinski definition) is 2. The highest BCUT2D eigenvalue weighted by atomic mass is 16.2. The number of nitrogens with zero attached hydrogens (tertiary/aromatic N) is 1. The van der Waals surface area contributed by atoms with Gasteiger partial charge in [-0.15, -0.1) is 0 Å². The summed E-state index contributed by atoms with van der Waals surface area (Å²) < 4.78 is 0. The second-order valence-corrected chi connectivity index (χ2v) is 6.71. The van der Waals surface area contributed by atoms with Gasteiger partial charge in [-0.25, -0.2) is 0 Å². The lowest BCUT2D eigenvalue weighted by Gasteiger charge is -2.38. The molecule has 2 atom stereocenters. The molecule has 1 N–H and O–H groups in total. The van der Waals surface area contributed by atoms with Gasteiger partial charge in [-0.05, 0) is 24.5 Å². The average molecular weight is 336 g/mol. The molecule has 0 radical (unpaired) electrons. The van der Waals surface area contributed by atoms with Gasteiger partial charge >= 0.3 is 0 Å². The zero-order chi connectivity index (χ0) is 17.8. The Labute approximate surface area is 148 Å². The SMILES string of the molecule is Cc1cccc(CNC(=O)[C@H]2CCC(=O)N(C)[C@H]2c2ccccc2)c1. The third kappa shape index (κ3) is 3.90. The summed E-state index contributed by atoms with van der Waals surface area (Å²) in [4.78, 5) is 26.7. The number of carbonyl (C=O) groups is 2. The van der Waals surface area contributed by atoms with E-state index in [1.54, 1.807) is 11.9 Å². The number of aryl methyl sites for hydroxylation is 1. The van der Waals surface area contributed by atoms with E-state index in [1.807, 2.05) is 55.5 Å². The van der Waals surface area contributed by atoms with Gasteiger partial charge in [-0.2, -0.15) is 0 Å². The summed E-state index contributed by atoms with van der Waals surface area (Å²) in [5, 5.41) is 3.05. The van der Waals surface area contributed by atoms with E-state index in [9.17, 15) is 9.59 Å². The van der Waals surface area contributed by atoms with Crippen LogP contribution in [0.15, 0.2) is 54.6 Å². The second kappa shape index (κ2) is 7.51. The summed E-state index contributed by atoms with van der Waals surface area (Å²) in [6.45, 7) is 2.55. The van der Waals surface area contributed by atoms with E-state index in [4.69, 9.17) is 0 Å². The molecule has 1 saturated heterocycles. The molecule has 1 aliphatic heterocycles. The van der Waals surface area contributed by atoms with Crippen LogP contribution in [0.1, 0.15) is 35.6 Å². The molecule has 4 nitrogen and oxygen atoms in total. The molecule has 130 valence electrons. The van der Waals surface area contributed by atoms with Crippen molar-refractivity contribution in [3.8, 4) is 0 Å². The van der Waals surface area contributed by atoms with E-state index in [0.717, 1.165) is 11.1 Å². The number of hydrogen-bond donors (Lipinski definition) is 1. The molecule has 1 aliphatic rings. The van der Waals surface area contributed by atoms with E-state index in [1.165, 1.54) is 5.56 Å². The van der Waals surface area contributed by atoms with E-state index in [0.29, 0.717) is 19.4 Å². The van der Waals surface area contributed by atoms with Crippen molar-refractivity contribution in [2.24, 2.45) is 5.92 Å². The van der Waals surface area contributed by atoms with Crippen LogP contribution in [0.2, 0.25) is 0 Å². The van der Waals surface area contributed by atoms with Gasteiger partial charge in [0, 0.05) is 20.0 Å². The van der Waals surface area contributed by atoms with Gasteiger partial charge in [0.25, 0.3) is 0 Å². The molecule has 0 spiro atoms. The minimum atomic E-state index is -0.227. The van der Waals surface area contributed by atoms with Crippen molar-refractivity contribution < 1.29 is 9.59 Å². The van der Waals surface area contributed by atoms with Crippen molar-refractivity contribution in [2.75, 3.05) is 7.05 Å². The van der Waals surface area contributed by atoms with E-state index < -0.39 is 0 Å². The zero-order valence-electron chi connectivity index (χ0n) is 14.7. The van der Waals surface area contributed by atoms with Gasteiger partial charge in [-0.1, -0.05) is 60.2 Å². The Hall–Kier alpha value is -2.62. The van der Waals surface area contributed by atoms with Gasteiger partial charge in [0.1, 0.15) is 0 Å². The van der Waals surface area contributed by atoms with Crippen molar-refractivity contribution in [2.45, 2.75) is 32.4 Å². The highest BCUT2D eigenvalue weighted by Crippen LogP contribution is 2.35. The lowest BCUT2D eigenvalue weighted by atomic mass is 9.84. The fourth-order valence-corrected chi connectivity index (χ4v) is 3.56. The predicted molar refractivity (Wildman–Crippen MR) is 97.7 cm³/mol.